The van der Waals surface area contributed by atoms with Crippen molar-refractivity contribution in [2.45, 2.75) is 45.6 Å². The maximum absolute atomic E-state index is 11.0. The van der Waals surface area contributed by atoms with E-state index in [0.29, 0.717) is 0 Å². The Hall–Kier alpha value is -0.610. The van der Waals surface area contributed by atoms with E-state index >= 15 is 0 Å². The minimum absolute atomic E-state index is 0.158. The molecule has 2 fully saturated rings. The van der Waals surface area contributed by atoms with E-state index in [0.717, 1.165) is 19.0 Å². The molecule has 0 aliphatic carbocycles. The summed E-state index contributed by atoms with van der Waals surface area (Å²) in [6.45, 7) is 9.84. The highest BCUT2D eigenvalue weighted by Crippen LogP contribution is 2.23. The molecular formula is C15H28N2O2. The fourth-order valence-corrected chi connectivity index (χ4v) is 3.40. The highest BCUT2D eigenvalue weighted by Gasteiger charge is 2.29. The van der Waals surface area contributed by atoms with Gasteiger partial charge in [0.15, 0.2) is 0 Å². The molecule has 2 rings (SSSR count). The van der Waals surface area contributed by atoms with Crippen LogP contribution in [0, 0.1) is 11.8 Å². The van der Waals surface area contributed by atoms with Crippen LogP contribution in [-0.2, 0) is 4.79 Å². The third kappa shape index (κ3) is 3.93. The lowest BCUT2D eigenvalue weighted by Crippen LogP contribution is -2.46. The molecule has 2 saturated heterocycles. The van der Waals surface area contributed by atoms with E-state index in [1.807, 2.05) is 6.92 Å². The van der Waals surface area contributed by atoms with Crippen LogP contribution < -0.4 is 0 Å². The number of carboxylic acids is 1. The Labute approximate surface area is 116 Å². The lowest BCUT2D eigenvalue weighted by atomic mass is 9.93. The van der Waals surface area contributed by atoms with Gasteiger partial charge in [0.2, 0.25) is 0 Å². The zero-order chi connectivity index (χ0) is 13.8. The van der Waals surface area contributed by atoms with Crippen molar-refractivity contribution in [3.63, 3.8) is 0 Å². The monoisotopic (exact) mass is 268 g/mol. The molecule has 4 heteroatoms. The Bertz CT molecular complexity index is 295. The molecule has 19 heavy (non-hydrogen) atoms. The quantitative estimate of drug-likeness (QED) is 0.827. The van der Waals surface area contributed by atoms with Crippen LogP contribution in [0.25, 0.3) is 0 Å². The predicted molar refractivity (Wildman–Crippen MR) is 76.2 cm³/mol. The van der Waals surface area contributed by atoms with Gasteiger partial charge in [-0.05, 0) is 64.7 Å². The zero-order valence-electron chi connectivity index (χ0n) is 12.3. The third-order valence-electron chi connectivity index (χ3n) is 5.05. The topological polar surface area (TPSA) is 43.8 Å². The lowest BCUT2D eigenvalue weighted by molar-refractivity contribution is -0.143. The summed E-state index contributed by atoms with van der Waals surface area (Å²) in [4.78, 5) is 16.0. The maximum atomic E-state index is 11.0. The van der Waals surface area contributed by atoms with Crippen LogP contribution >= 0.6 is 0 Å². The van der Waals surface area contributed by atoms with Crippen molar-refractivity contribution in [2.75, 3.05) is 32.7 Å². The van der Waals surface area contributed by atoms with E-state index < -0.39 is 5.97 Å². The van der Waals surface area contributed by atoms with Gasteiger partial charge in [0.05, 0.1) is 5.92 Å². The average Bonchev–Trinajstić information content (AvgIpc) is 2.90. The Morgan fingerprint density at radius 3 is 2.26 bits per heavy atom. The minimum Gasteiger partial charge on any atom is -0.481 e. The number of likely N-dealkylation sites (tertiary alicyclic amines) is 2. The molecule has 2 unspecified atom stereocenters. The highest BCUT2D eigenvalue weighted by atomic mass is 16.4. The van der Waals surface area contributed by atoms with Crippen molar-refractivity contribution in [3.05, 3.63) is 0 Å². The molecule has 2 aliphatic heterocycles. The number of carbonyl (C=O) groups is 1. The van der Waals surface area contributed by atoms with Crippen molar-refractivity contribution in [1.82, 2.24) is 9.80 Å². The van der Waals surface area contributed by atoms with Gasteiger partial charge >= 0.3 is 5.97 Å². The first-order valence-corrected chi connectivity index (χ1v) is 7.77. The molecule has 2 atom stereocenters. The summed E-state index contributed by atoms with van der Waals surface area (Å²) in [5, 5.41) is 9.09. The van der Waals surface area contributed by atoms with Crippen LogP contribution in [0.15, 0.2) is 0 Å². The van der Waals surface area contributed by atoms with Gasteiger partial charge in [-0.2, -0.15) is 0 Å². The van der Waals surface area contributed by atoms with E-state index in [4.69, 9.17) is 5.11 Å². The molecule has 0 radical (unpaired) electrons. The third-order valence-corrected chi connectivity index (χ3v) is 5.05. The highest BCUT2D eigenvalue weighted by molar-refractivity contribution is 5.70. The number of aliphatic carboxylic acids is 1. The van der Waals surface area contributed by atoms with Gasteiger partial charge in [-0.15, -0.1) is 0 Å². The van der Waals surface area contributed by atoms with Crippen molar-refractivity contribution in [3.8, 4) is 0 Å². The van der Waals surface area contributed by atoms with Crippen molar-refractivity contribution in [2.24, 2.45) is 11.8 Å². The Morgan fingerprint density at radius 2 is 1.74 bits per heavy atom. The largest absolute Gasteiger partial charge is 0.481 e. The maximum Gasteiger partial charge on any atom is 0.307 e. The van der Waals surface area contributed by atoms with Gasteiger partial charge < -0.3 is 10.0 Å². The van der Waals surface area contributed by atoms with Crippen LogP contribution in [0.3, 0.4) is 0 Å². The van der Waals surface area contributed by atoms with Crippen LogP contribution in [0.4, 0.5) is 0 Å². The molecule has 0 bridgehead atoms. The molecule has 0 amide bonds. The van der Waals surface area contributed by atoms with E-state index in [1.165, 1.54) is 45.3 Å². The molecule has 0 aromatic heterocycles. The van der Waals surface area contributed by atoms with Crippen LogP contribution in [-0.4, -0.2) is 59.6 Å². The number of piperidine rings is 1. The molecule has 2 heterocycles. The molecule has 0 aromatic carbocycles. The fourth-order valence-electron chi connectivity index (χ4n) is 3.40. The number of carboxylic acid groups (broad SMARTS) is 1. The summed E-state index contributed by atoms with van der Waals surface area (Å²) in [5.74, 6) is -0.122. The van der Waals surface area contributed by atoms with Crippen LogP contribution in [0.2, 0.25) is 0 Å². The second-order valence-corrected chi connectivity index (χ2v) is 6.35. The molecule has 1 N–H and O–H groups in total. The normalized spacial score (nSPS) is 26.4. The van der Waals surface area contributed by atoms with Gasteiger partial charge in [-0.1, -0.05) is 6.92 Å². The summed E-state index contributed by atoms with van der Waals surface area (Å²) in [6, 6.07) is 0.158. The summed E-state index contributed by atoms with van der Waals surface area (Å²) < 4.78 is 0. The fraction of sp³-hybridized carbons (Fsp3) is 0.933. The van der Waals surface area contributed by atoms with E-state index in [2.05, 4.69) is 16.7 Å². The van der Waals surface area contributed by atoms with E-state index in [-0.39, 0.29) is 12.0 Å². The van der Waals surface area contributed by atoms with Crippen molar-refractivity contribution in [1.29, 1.82) is 0 Å². The SMILES string of the molecule is CC(C(=O)O)C(C)N1CCC(CN2CCCC2)CC1. The van der Waals surface area contributed by atoms with Gasteiger partial charge in [-0.3, -0.25) is 9.69 Å². The first kappa shape index (κ1) is 14.8. The number of rotatable bonds is 5. The Morgan fingerprint density at radius 1 is 1.16 bits per heavy atom. The average molecular weight is 268 g/mol. The minimum atomic E-state index is -0.674. The van der Waals surface area contributed by atoms with Gasteiger partial charge in [-0.25, -0.2) is 0 Å². The Kier molecular flexibility index (Phi) is 5.22. The van der Waals surface area contributed by atoms with Gasteiger partial charge in [0.1, 0.15) is 0 Å². The number of nitrogens with zero attached hydrogens (tertiary/aromatic N) is 2. The van der Waals surface area contributed by atoms with Crippen molar-refractivity contribution >= 4 is 5.97 Å². The number of hydrogen-bond donors (Lipinski definition) is 1. The zero-order valence-corrected chi connectivity index (χ0v) is 12.3. The second kappa shape index (κ2) is 6.71. The molecule has 110 valence electrons. The van der Waals surface area contributed by atoms with Crippen LogP contribution in [0.1, 0.15) is 39.5 Å². The summed E-state index contributed by atoms with van der Waals surface area (Å²) >= 11 is 0. The van der Waals surface area contributed by atoms with E-state index in [9.17, 15) is 4.79 Å². The predicted octanol–water partition coefficient (Wildman–Crippen LogP) is 1.90. The van der Waals surface area contributed by atoms with Gasteiger partial charge in [0.25, 0.3) is 0 Å². The standard InChI is InChI=1S/C15H28N2O2/c1-12(15(18)19)13(2)17-9-5-14(6-10-17)11-16-7-3-4-8-16/h12-14H,3-11H2,1-2H3,(H,18,19). The second-order valence-electron chi connectivity index (χ2n) is 6.35. The molecule has 0 aromatic rings. The van der Waals surface area contributed by atoms with Crippen LogP contribution in [0.5, 0.6) is 0 Å². The molecule has 0 saturated carbocycles. The summed E-state index contributed by atoms with van der Waals surface area (Å²) in [5.41, 5.74) is 0. The Balaban J connectivity index is 1.73. The molecular weight excluding hydrogens is 240 g/mol. The molecule has 2 aliphatic rings. The molecule has 0 spiro atoms. The van der Waals surface area contributed by atoms with E-state index in [1.54, 1.807) is 0 Å². The van der Waals surface area contributed by atoms with Gasteiger partial charge in [0, 0.05) is 12.6 Å². The first-order valence-electron chi connectivity index (χ1n) is 7.77. The smallest absolute Gasteiger partial charge is 0.307 e. The van der Waals surface area contributed by atoms with Crippen molar-refractivity contribution < 1.29 is 9.90 Å². The summed E-state index contributed by atoms with van der Waals surface area (Å²) in [7, 11) is 0. The number of hydrogen-bond acceptors (Lipinski definition) is 3. The summed E-state index contributed by atoms with van der Waals surface area (Å²) in [6.07, 6.45) is 5.19. The lowest BCUT2D eigenvalue weighted by Gasteiger charge is -2.38. The first-order chi connectivity index (χ1) is 9.08. The molecule has 4 nitrogen and oxygen atoms in total.